The minimum Gasteiger partial charge on any atom is -0.444 e. The molecule has 0 aliphatic carbocycles. The predicted molar refractivity (Wildman–Crippen MR) is 195 cm³/mol. The highest BCUT2D eigenvalue weighted by Crippen LogP contribution is 2.27. The van der Waals surface area contributed by atoms with Crippen molar-refractivity contribution in [2.75, 3.05) is 13.6 Å². The Labute approximate surface area is 297 Å². The summed E-state index contributed by atoms with van der Waals surface area (Å²) in [4.78, 5) is 53.6. The first-order valence-electron chi connectivity index (χ1n) is 17.1. The Bertz CT molecular complexity index is 1610. The number of carbonyl (C=O) groups is 3. The molecule has 2 aromatic heterocycles. The largest absolute Gasteiger partial charge is 0.444 e. The number of urea groups is 1. The van der Waals surface area contributed by atoms with E-state index in [0.29, 0.717) is 44.7 Å². The molecule has 3 atom stereocenters. The number of amides is 3. The number of ether oxygens (including phenoxy) is 1. The molecule has 1 aliphatic rings. The molecular weight excluding hydrogens is 655 g/mol. The topological polar surface area (TPSA) is 105 Å². The summed E-state index contributed by atoms with van der Waals surface area (Å²) in [6, 6.07) is 19.6. The second kappa shape index (κ2) is 18.1. The number of aromatic nitrogens is 2. The lowest BCUT2D eigenvalue weighted by atomic mass is 9.86. The van der Waals surface area contributed by atoms with Crippen molar-refractivity contribution in [3.63, 3.8) is 0 Å². The van der Waals surface area contributed by atoms with E-state index in [4.69, 9.17) is 9.72 Å². The minimum atomic E-state index is -0.465. The number of hydrogen-bond acceptors (Lipinski definition) is 8. The molecule has 0 spiro atoms. The van der Waals surface area contributed by atoms with Crippen molar-refractivity contribution in [3.8, 4) is 0 Å². The zero-order valence-corrected chi connectivity index (χ0v) is 30.3. The standard InChI is InChI=1S/C38H47N5O4S2/c1-27(2)36-40-32(25-48-36)23-42(3)38(46)43-18-10-15-34(43)35(44)21-30(19-28-11-6-4-7-12-28)16-17-31(20-29-13-8-5-9-14-29)41-37(45)47-24-33-22-39-26-49-33/h4-9,11-14,22,25-27,30-31,34H,10,15-21,23-24H2,1-3H3,(H,41,45)/t30-,31-,34+/m1/s1. The maximum atomic E-state index is 14.0. The highest BCUT2D eigenvalue weighted by molar-refractivity contribution is 7.09. The lowest BCUT2D eigenvalue weighted by Crippen LogP contribution is -2.46. The normalized spacial score (nSPS) is 15.6. The number of ketones is 1. The predicted octanol–water partition coefficient (Wildman–Crippen LogP) is 7.88. The zero-order valence-electron chi connectivity index (χ0n) is 28.6. The molecule has 49 heavy (non-hydrogen) atoms. The summed E-state index contributed by atoms with van der Waals surface area (Å²) in [5, 5.41) is 6.17. The van der Waals surface area contributed by atoms with Gasteiger partial charge in [-0.15, -0.1) is 22.7 Å². The maximum Gasteiger partial charge on any atom is 0.407 e. The van der Waals surface area contributed by atoms with Gasteiger partial charge >= 0.3 is 12.1 Å². The third-order valence-electron chi connectivity index (χ3n) is 8.92. The summed E-state index contributed by atoms with van der Waals surface area (Å²) < 4.78 is 5.51. The molecule has 0 radical (unpaired) electrons. The van der Waals surface area contributed by atoms with Crippen LogP contribution in [0.4, 0.5) is 9.59 Å². The van der Waals surface area contributed by atoms with Gasteiger partial charge in [-0.1, -0.05) is 74.5 Å². The number of alkyl carbamates (subject to hydrolysis) is 1. The van der Waals surface area contributed by atoms with Gasteiger partial charge in [0.25, 0.3) is 0 Å². The minimum absolute atomic E-state index is 0.0444. The van der Waals surface area contributed by atoms with E-state index in [2.05, 4.69) is 48.4 Å². The summed E-state index contributed by atoms with van der Waals surface area (Å²) in [6.45, 7) is 5.39. The van der Waals surface area contributed by atoms with Crippen molar-refractivity contribution in [1.29, 1.82) is 0 Å². The maximum absolute atomic E-state index is 14.0. The van der Waals surface area contributed by atoms with Gasteiger partial charge in [-0.05, 0) is 55.6 Å². The fraction of sp³-hybridized carbons (Fsp3) is 0.447. The van der Waals surface area contributed by atoms with Crippen molar-refractivity contribution >= 4 is 40.6 Å². The summed E-state index contributed by atoms with van der Waals surface area (Å²) in [5.74, 6) is 0.493. The Morgan fingerprint density at radius 1 is 1.00 bits per heavy atom. The third kappa shape index (κ3) is 11.0. The van der Waals surface area contributed by atoms with Crippen LogP contribution in [0.3, 0.4) is 0 Å². The van der Waals surface area contributed by atoms with Gasteiger partial charge in [-0.25, -0.2) is 14.6 Å². The molecule has 0 saturated carbocycles. The monoisotopic (exact) mass is 701 g/mol. The number of thiazole rings is 2. The van der Waals surface area contributed by atoms with Gasteiger partial charge in [0.2, 0.25) is 0 Å². The van der Waals surface area contributed by atoms with Gasteiger partial charge in [0.05, 0.1) is 33.7 Å². The molecule has 5 rings (SSSR count). The van der Waals surface area contributed by atoms with Crippen molar-refractivity contribution in [1.82, 2.24) is 25.1 Å². The van der Waals surface area contributed by atoms with Gasteiger partial charge in [-0.2, -0.15) is 0 Å². The van der Waals surface area contributed by atoms with Crippen LogP contribution in [0.5, 0.6) is 0 Å². The molecule has 1 aliphatic heterocycles. The summed E-state index contributed by atoms with van der Waals surface area (Å²) in [6.07, 6.45) is 5.88. The van der Waals surface area contributed by atoms with Gasteiger partial charge in [0, 0.05) is 43.5 Å². The van der Waals surface area contributed by atoms with Crippen LogP contribution in [0.15, 0.2) is 77.8 Å². The average molecular weight is 702 g/mol. The molecule has 11 heteroatoms. The van der Waals surface area contributed by atoms with Crippen molar-refractivity contribution in [2.24, 2.45) is 5.92 Å². The summed E-state index contributed by atoms with van der Waals surface area (Å²) in [5.41, 5.74) is 4.88. The van der Waals surface area contributed by atoms with E-state index in [1.807, 2.05) is 41.8 Å². The third-order valence-corrected chi connectivity index (χ3v) is 10.9. The van der Waals surface area contributed by atoms with Gasteiger partial charge in [-0.3, -0.25) is 9.78 Å². The number of nitrogens with one attached hydrogen (secondary N) is 1. The van der Waals surface area contributed by atoms with E-state index in [0.717, 1.165) is 40.4 Å². The molecule has 1 N–H and O–H groups in total. The molecule has 0 bridgehead atoms. The fourth-order valence-electron chi connectivity index (χ4n) is 6.38. The summed E-state index contributed by atoms with van der Waals surface area (Å²) >= 11 is 3.06. The van der Waals surface area contributed by atoms with Crippen LogP contribution in [-0.2, 0) is 35.5 Å². The van der Waals surface area contributed by atoms with Crippen LogP contribution in [0.25, 0.3) is 0 Å². The molecular formula is C38H47N5O4S2. The Morgan fingerprint density at radius 3 is 2.37 bits per heavy atom. The number of Topliss-reactive ketones (excluding diaryl/α,β-unsaturated/α-hetero) is 1. The van der Waals surface area contributed by atoms with Crippen LogP contribution >= 0.6 is 22.7 Å². The van der Waals surface area contributed by atoms with Crippen LogP contribution in [0.1, 0.15) is 78.6 Å². The van der Waals surface area contributed by atoms with E-state index in [1.165, 1.54) is 16.9 Å². The SMILES string of the molecule is CC(C)c1nc(CN(C)C(=O)N2CCC[C@H]2C(=O)C[C@H](CC[C@H](Cc2ccccc2)NC(=O)OCc2cncs2)Cc2ccccc2)cs1. The zero-order chi connectivity index (χ0) is 34.6. The van der Waals surface area contributed by atoms with Crippen molar-refractivity contribution in [3.05, 3.63) is 104 Å². The van der Waals surface area contributed by atoms with E-state index in [-0.39, 0.29) is 30.4 Å². The quantitative estimate of drug-likeness (QED) is 0.128. The lowest BCUT2D eigenvalue weighted by Gasteiger charge is -2.30. The molecule has 260 valence electrons. The van der Waals surface area contributed by atoms with Crippen LogP contribution in [0, 0.1) is 5.92 Å². The van der Waals surface area contributed by atoms with Crippen molar-refractivity contribution in [2.45, 2.75) is 89.9 Å². The summed E-state index contributed by atoms with van der Waals surface area (Å²) in [7, 11) is 1.79. The van der Waals surface area contributed by atoms with Crippen LogP contribution < -0.4 is 5.32 Å². The molecule has 9 nitrogen and oxygen atoms in total. The Hall–Kier alpha value is -4.09. The van der Waals surface area contributed by atoms with E-state index < -0.39 is 12.1 Å². The number of hydrogen-bond donors (Lipinski definition) is 1. The van der Waals surface area contributed by atoms with E-state index in [1.54, 1.807) is 39.9 Å². The van der Waals surface area contributed by atoms with Crippen molar-refractivity contribution < 1.29 is 19.1 Å². The smallest absolute Gasteiger partial charge is 0.407 e. The van der Waals surface area contributed by atoms with Gasteiger partial charge < -0.3 is 19.9 Å². The lowest BCUT2D eigenvalue weighted by molar-refractivity contribution is -0.123. The highest BCUT2D eigenvalue weighted by atomic mass is 32.1. The molecule has 0 unspecified atom stereocenters. The fourth-order valence-corrected chi connectivity index (χ4v) is 7.72. The first-order chi connectivity index (χ1) is 23.7. The number of benzene rings is 2. The molecule has 3 amide bonds. The second-order valence-corrected chi connectivity index (χ2v) is 15.1. The number of likely N-dealkylation sites (tertiary alicyclic amines) is 1. The Morgan fingerprint density at radius 2 is 1.71 bits per heavy atom. The Balaban J connectivity index is 1.24. The van der Waals surface area contributed by atoms with E-state index in [9.17, 15) is 14.4 Å². The molecule has 2 aromatic carbocycles. The highest BCUT2D eigenvalue weighted by Gasteiger charge is 2.36. The average Bonchev–Trinajstić information content (AvgIpc) is 3.90. The van der Waals surface area contributed by atoms with Gasteiger partial charge in [0.15, 0.2) is 5.78 Å². The number of nitrogens with zero attached hydrogens (tertiary/aromatic N) is 4. The molecule has 3 heterocycles. The molecule has 1 saturated heterocycles. The molecule has 1 fully saturated rings. The van der Waals surface area contributed by atoms with E-state index >= 15 is 0 Å². The first kappa shape index (κ1) is 36.2. The van der Waals surface area contributed by atoms with Gasteiger partial charge in [0.1, 0.15) is 6.61 Å². The number of rotatable bonds is 16. The molecule has 4 aromatic rings. The number of carbonyl (C=O) groups excluding carboxylic acids is 3. The second-order valence-electron chi connectivity index (χ2n) is 13.2. The van der Waals surface area contributed by atoms with Crippen LogP contribution in [0.2, 0.25) is 0 Å². The first-order valence-corrected chi connectivity index (χ1v) is 18.9. The van der Waals surface area contributed by atoms with Crippen LogP contribution in [-0.4, -0.2) is 63.4 Å². The Kier molecular flexibility index (Phi) is 13.3.